The molecule has 2 N–H and O–H groups in total. The van der Waals surface area contributed by atoms with Gasteiger partial charge in [0.1, 0.15) is 13.2 Å². The van der Waals surface area contributed by atoms with Gasteiger partial charge in [0, 0.05) is 6.42 Å². The third-order valence-electron chi connectivity index (χ3n) is 17.9. The van der Waals surface area contributed by atoms with Gasteiger partial charge in [-0.1, -0.05) is 376 Å². The summed E-state index contributed by atoms with van der Waals surface area (Å²) < 4.78 is 23.5. The summed E-state index contributed by atoms with van der Waals surface area (Å²) in [5.74, 6) is -0.200. The molecule has 0 bridgehead atoms. The van der Waals surface area contributed by atoms with Crippen molar-refractivity contribution in [3.63, 3.8) is 0 Å². The Morgan fingerprint density at radius 2 is 0.663 bits per heavy atom. The Labute approximate surface area is 555 Å². The third-order valence-corrected chi connectivity index (χ3v) is 18.9. The number of nitrogens with one attached hydrogen (secondary N) is 1. The molecule has 0 aromatic rings. The monoisotopic (exact) mass is 1270 g/mol. The number of carbonyl (C=O) groups is 1. The minimum atomic E-state index is -4.61. The van der Waals surface area contributed by atoms with Crippen LogP contribution in [-0.4, -0.2) is 68.5 Å². The van der Waals surface area contributed by atoms with Crippen molar-refractivity contribution in [2.45, 2.75) is 405 Å². The van der Waals surface area contributed by atoms with Crippen LogP contribution in [0.2, 0.25) is 0 Å². The van der Waals surface area contributed by atoms with Gasteiger partial charge in [0.15, 0.2) is 0 Å². The molecule has 0 rings (SSSR count). The van der Waals surface area contributed by atoms with Crippen LogP contribution in [0, 0.1) is 0 Å². The topological polar surface area (TPSA) is 108 Å². The summed E-state index contributed by atoms with van der Waals surface area (Å²) in [6.07, 6.45) is 98.2. The molecule has 3 atom stereocenters. The predicted octanol–water partition coefficient (Wildman–Crippen LogP) is 24.9. The Morgan fingerprint density at radius 3 is 0.989 bits per heavy atom. The number of nitrogens with zero attached hydrogens (tertiary/aromatic N) is 1. The molecular weight excluding hydrogens is 1120 g/mol. The van der Waals surface area contributed by atoms with E-state index in [4.69, 9.17) is 9.05 Å². The number of allylic oxidation sites excluding steroid dienone is 9. The molecule has 0 aliphatic carbocycles. The van der Waals surface area contributed by atoms with E-state index in [0.717, 1.165) is 51.4 Å². The summed E-state index contributed by atoms with van der Waals surface area (Å²) in [6, 6.07) is -0.905. The number of carbonyl (C=O) groups excluding carboxylic acids is 1. The fourth-order valence-electron chi connectivity index (χ4n) is 11.9. The highest BCUT2D eigenvalue weighted by molar-refractivity contribution is 7.45. The van der Waals surface area contributed by atoms with E-state index < -0.39 is 20.0 Å². The largest absolute Gasteiger partial charge is 0.756 e. The fraction of sp³-hybridized carbons (Fsp3) is 0.863. The van der Waals surface area contributed by atoms with E-state index in [1.165, 1.54) is 321 Å². The molecule has 0 spiro atoms. The van der Waals surface area contributed by atoms with Crippen LogP contribution in [0.1, 0.15) is 393 Å². The highest BCUT2D eigenvalue weighted by Crippen LogP contribution is 2.38. The highest BCUT2D eigenvalue weighted by Gasteiger charge is 2.23. The van der Waals surface area contributed by atoms with Crippen molar-refractivity contribution in [1.29, 1.82) is 0 Å². The number of aliphatic hydroxyl groups is 1. The first-order valence-corrected chi connectivity index (χ1v) is 40.6. The Hall–Kier alpha value is -1.80. The Morgan fingerprint density at radius 1 is 0.393 bits per heavy atom. The molecule has 89 heavy (non-hydrogen) atoms. The number of phosphoric ester groups is 1. The average Bonchev–Trinajstić information content (AvgIpc) is 3.55. The normalized spacial score (nSPS) is 13.8. The maximum absolute atomic E-state index is 13.1. The molecule has 0 aliphatic heterocycles. The number of hydrogen-bond acceptors (Lipinski definition) is 6. The van der Waals surface area contributed by atoms with Gasteiger partial charge in [-0.05, 0) is 70.6 Å². The van der Waals surface area contributed by atoms with Crippen molar-refractivity contribution in [3.05, 3.63) is 60.8 Å². The molecule has 8 nitrogen and oxygen atoms in total. The quantitative estimate of drug-likeness (QED) is 0.0272. The van der Waals surface area contributed by atoms with Crippen molar-refractivity contribution in [2.75, 3.05) is 40.9 Å². The van der Waals surface area contributed by atoms with Crippen LogP contribution < -0.4 is 10.2 Å². The molecule has 0 fully saturated rings. The fourth-order valence-corrected chi connectivity index (χ4v) is 12.6. The number of hydrogen-bond donors (Lipinski definition) is 2. The van der Waals surface area contributed by atoms with E-state index in [0.29, 0.717) is 17.4 Å². The number of rotatable bonds is 73. The van der Waals surface area contributed by atoms with Crippen molar-refractivity contribution in [3.8, 4) is 0 Å². The molecule has 0 aliphatic rings. The summed E-state index contributed by atoms with van der Waals surface area (Å²) in [5.41, 5.74) is 0. The van der Waals surface area contributed by atoms with E-state index in [1.54, 1.807) is 6.08 Å². The van der Waals surface area contributed by atoms with Gasteiger partial charge >= 0.3 is 0 Å². The van der Waals surface area contributed by atoms with E-state index in [2.05, 4.69) is 67.8 Å². The molecule has 0 radical (unpaired) electrons. The van der Waals surface area contributed by atoms with E-state index in [-0.39, 0.29) is 19.1 Å². The van der Waals surface area contributed by atoms with E-state index >= 15 is 0 Å². The lowest BCUT2D eigenvalue weighted by molar-refractivity contribution is -0.870. The zero-order valence-corrected chi connectivity index (χ0v) is 61.0. The van der Waals surface area contributed by atoms with Gasteiger partial charge in [-0.15, -0.1) is 0 Å². The molecule has 0 saturated heterocycles. The Kier molecular flexibility index (Phi) is 69.1. The van der Waals surface area contributed by atoms with Gasteiger partial charge in [0.05, 0.1) is 39.9 Å². The second-order valence-corrected chi connectivity index (χ2v) is 29.5. The first-order valence-electron chi connectivity index (χ1n) is 39.2. The van der Waals surface area contributed by atoms with E-state index in [9.17, 15) is 19.4 Å². The second-order valence-electron chi connectivity index (χ2n) is 28.1. The maximum atomic E-state index is 13.1. The SMILES string of the molecule is CCCCCCC/C=C\C/C=C\C/C=C\CCCCCCCCCCCCCCCCCCCCCCCCCCC(=O)NC(COP(=O)([O-])OCC[N+](C)(C)C)C(O)/C=C/CC/C=C/CCCCCCCCCCCCCCCCCCCCCCCC. The first-order chi connectivity index (χ1) is 43.5. The van der Waals surface area contributed by atoms with Crippen LogP contribution >= 0.6 is 7.82 Å². The summed E-state index contributed by atoms with van der Waals surface area (Å²) in [7, 11) is 1.26. The van der Waals surface area contributed by atoms with Crippen molar-refractivity contribution in [1.82, 2.24) is 5.32 Å². The number of phosphoric acid groups is 1. The molecule has 3 unspecified atom stereocenters. The van der Waals surface area contributed by atoms with Gasteiger partial charge in [-0.25, -0.2) is 0 Å². The van der Waals surface area contributed by atoms with Gasteiger partial charge in [-0.2, -0.15) is 0 Å². The smallest absolute Gasteiger partial charge is 0.268 e. The molecule has 524 valence electrons. The van der Waals surface area contributed by atoms with Crippen LogP contribution in [-0.2, 0) is 18.4 Å². The number of quaternary nitrogens is 1. The number of unbranched alkanes of at least 4 members (excludes halogenated alkanes) is 52. The predicted molar refractivity (Wildman–Crippen MR) is 390 cm³/mol. The third kappa shape index (κ3) is 73.5. The van der Waals surface area contributed by atoms with Crippen LogP contribution in [0.25, 0.3) is 0 Å². The van der Waals surface area contributed by atoms with E-state index in [1.807, 2.05) is 27.2 Å². The average molecular weight is 1270 g/mol. The highest BCUT2D eigenvalue weighted by atomic mass is 31.2. The number of likely N-dealkylation sites (N-methyl/N-ethyl adjacent to an activating group) is 1. The Balaban J connectivity index is 3.98. The van der Waals surface area contributed by atoms with Gasteiger partial charge in [-0.3, -0.25) is 9.36 Å². The molecule has 1 amide bonds. The first kappa shape index (κ1) is 87.2. The second kappa shape index (κ2) is 70.5. The summed E-state index contributed by atoms with van der Waals surface area (Å²) in [5, 5.41) is 14.0. The van der Waals surface area contributed by atoms with Crippen LogP contribution in [0.4, 0.5) is 0 Å². The standard InChI is InChI=1S/C80H153N2O6P/c1-6-8-10-12-14-16-18-20-22-24-26-28-30-32-34-36-37-38-39-40-41-42-43-44-45-46-48-50-52-54-56-58-60-62-64-66-68-70-72-74-80(84)81-78(77-88-89(85,86)87-76-75-82(3,4)5)79(83)73-71-69-67-65-63-61-59-57-55-53-51-49-47-35-33-31-29-27-25-23-21-19-17-15-13-11-9-7-2/h18,20,24,26,30,32,63,65,71,73,78-79,83H,6-17,19,21-23,25,27-29,31,33-62,64,66-70,72,74-77H2,1-5H3,(H-,81,84,85,86)/b20-18-,26-24-,32-30-,65-63+,73-71+. The lowest BCUT2D eigenvalue weighted by atomic mass is 10.0. The molecule has 0 aromatic heterocycles. The molecular formula is C80H153N2O6P. The number of amides is 1. The minimum Gasteiger partial charge on any atom is -0.756 e. The van der Waals surface area contributed by atoms with Crippen LogP contribution in [0.15, 0.2) is 60.8 Å². The zero-order valence-electron chi connectivity index (χ0n) is 60.2. The number of aliphatic hydroxyl groups excluding tert-OH is 1. The van der Waals surface area contributed by atoms with Crippen LogP contribution in [0.3, 0.4) is 0 Å². The van der Waals surface area contributed by atoms with Gasteiger partial charge in [0.2, 0.25) is 5.91 Å². The zero-order chi connectivity index (χ0) is 64.8. The van der Waals surface area contributed by atoms with Crippen molar-refractivity contribution >= 4 is 13.7 Å². The summed E-state index contributed by atoms with van der Waals surface area (Å²) >= 11 is 0. The molecule has 9 heteroatoms. The Bertz CT molecular complexity index is 1640. The van der Waals surface area contributed by atoms with Crippen molar-refractivity contribution < 1.29 is 32.9 Å². The maximum Gasteiger partial charge on any atom is 0.268 e. The van der Waals surface area contributed by atoms with Gasteiger partial charge in [0.25, 0.3) is 7.82 Å². The van der Waals surface area contributed by atoms with Gasteiger partial charge < -0.3 is 28.8 Å². The molecule has 0 heterocycles. The lowest BCUT2D eigenvalue weighted by Crippen LogP contribution is -2.45. The van der Waals surface area contributed by atoms with Crippen molar-refractivity contribution in [2.24, 2.45) is 0 Å². The van der Waals surface area contributed by atoms with Crippen LogP contribution in [0.5, 0.6) is 0 Å². The minimum absolute atomic E-state index is 0.00532. The molecule has 0 saturated carbocycles. The summed E-state index contributed by atoms with van der Waals surface area (Å²) in [6.45, 7) is 4.67. The lowest BCUT2D eigenvalue weighted by Gasteiger charge is -2.29. The summed E-state index contributed by atoms with van der Waals surface area (Å²) in [4.78, 5) is 25.7. The molecule has 0 aromatic carbocycles.